The first-order valence-corrected chi connectivity index (χ1v) is 11.0. The summed E-state index contributed by atoms with van der Waals surface area (Å²) < 4.78 is 37.2. The van der Waals surface area contributed by atoms with Gasteiger partial charge in [0.1, 0.15) is 0 Å². The maximum Gasteiger partial charge on any atom is 0.256 e. The molecular formula is C21H23NO5S. The lowest BCUT2D eigenvalue weighted by Gasteiger charge is -2.21. The molecule has 1 spiro atoms. The van der Waals surface area contributed by atoms with Crippen LogP contribution < -0.4 is 14.8 Å². The van der Waals surface area contributed by atoms with Crippen LogP contribution in [0.2, 0.25) is 0 Å². The van der Waals surface area contributed by atoms with E-state index in [1.807, 2.05) is 0 Å². The molecule has 1 heterocycles. The molecule has 1 aliphatic carbocycles. The maximum absolute atomic E-state index is 12.8. The van der Waals surface area contributed by atoms with Gasteiger partial charge in [0.05, 0.1) is 15.7 Å². The Kier molecular flexibility index (Phi) is 4.57. The van der Waals surface area contributed by atoms with Crippen LogP contribution in [0.5, 0.6) is 11.5 Å². The van der Waals surface area contributed by atoms with E-state index in [-0.39, 0.29) is 10.5 Å². The number of hydrogen-bond donors (Lipinski definition) is 1. The number of benzene rings is 2. The molecule has 6 nitrogen and oxygen atoms in total. The standard InChI is InChI=1S/C21H23NO5S/c1-14(2)28(24,25)19-8-4-3-7-16(19)20(23)22-15-9-10-17-18(13-15)27-21(26-17)11-5-6-12-21/h3-4,7-10,13-14H,5-6,11-12H2,1-2H3,(H,22,23). The molecular weight excluding hydrogens is 378 g/mol. The van der Waals surface area contributed by atoms with Crippen LogP contribution in [0.4, 0.5) is 5.69 Å². The smallest absolute Gasteiger partial charge is 0.256 e. The third kappa shape index (κ3) is 3.24. The molecule has 1 N–H and O–H groups in total. The van der Waals surface area contributed by atoms with Crippen molar-refractivity contribution in [3.8, 4) is 11.5 Å². The second-order valence-electron chi connectivity index (χ2n) is 7.53. The largest absolute Gasteiger partial charge is 0.448 e. The summed E-state index contributed by atoms with van der Waals surface area (Å²) >= 11 is 0. The fourth-order valence-electron chi connectivity index (χ4n) is 3.64. The van der Waals surface area contributed by atoms with Crippen LogP contribution in [0.3, 0.4) is 0 Å². The van der Waals surface area contributed by atoms with Gasteiger partial charge in [0, 0.05) is 24.6 Å². The summed E-state index contributed by atoms with van der Waals surface area (Å²) in [4.78, 5) is 12.8. The summed E-state index contributed by atoms with van der Waals surface area (Å²) in [5.74, 6) is 0.225. The summed E-state index contributed by atoms with van der Waals surface area (Å²) in [5.41, 5.74) is 0.653. The van der Waals surface area contributed by atoms with Crippen molar-refractivity contribution < 1.29 is 22.7 Å². The number of carbonyl (C=O) groups excluding carboxylic acids is 1. The summed E-state index contributed by atoms with van der Waals surface area (Å²) in [5, 5.41) is 2.16. The van der Waals surface area contributed by atoms with Gasteiger partial charge in [-0.05, 0) is 51.0 Å². The molecule has 148 valence electrons. The van der Waals surface area contributed by atoms with Crippen LogP contribution in [-0.2, 0) is 9.84 Å². The Bertz CT molecular complexity index is 1020. The normalized spacial score (nSPS) is 17.2. The van der Waals surface area contributed by atoms with Gasteiger partial charge >= 0.3 is 0 Å². The number of fused-ring (bicyclic) bond motifs is 1. The maximum atomic E-state index is 12.8. The highest BCUT2D eigenvalue weighted by molar-refractivity contribution is 7.92. The highest BCUT2D eigenvalue weighted by Crippen LogP contribution is 2.47. The summed E-state index contributed by atoms with van der Waals surface area (Å²) in [7, 11) is -3.58. The van der Waals surface area contributed by atoms with Crippen molar-refractivity contribution in [1.82, 2.24) is 0 Å². The molecule has 0 unspecified atom stereocenters. The zero-order valence-corrected chi connectivity index (χ0v) is 16.7. The van der Waals surface area contributed by atoms with E-state index in [9.17, 15) is 13.2 Å². The topological polar surface area (TPSA) is 81.7 Å². The molecule has 2 aromatic carbocycles. The van der Waals surface area contributed by atoms with Crippen LogP contribution in [0.1, 0.15) is 49.9 Å². The van der Waals surface area contributed by atoms with Gasteiger partial charge in [-0.3, -0.25) is 4.79 Å². The number of hydrogen-bond acceptors (Lipinski definition) is 5. The molecule has 1 fully saturated rings. The van der Waals surface area contributed by atoms with Crippen molar-refractivity contribution in [3.63, 3.8) is 0 Å². The predicted octanol–water partition coefficient (Wildman–Crippen LogP) is 4.16. The average molecular weight is 401 g/mol. The summed E-state index contributed by atoms with van der Waals surface area (Å²) in [6, 6.07) is 11.5. The number of amides is 1. The van der Waals surface area contributed by atoms with E-state index < -0.39 is 26.8 Å². The zero-order chi connectivity index (χ0) is 19.9. The van der Waals surface area contributed by atoms with Crippen LogP contribution in [0.25, 0.3) is 0 Å². The minimum absolute atomic E-state index is 0.0353. The molecule has 0 atom stereocenters. The molecule has 2 aromatic rings. The van der Waals surface area contributed by atoms with E-state index in [0.29, 0.717) is 17.2 Å². The van der Waals surface area contributed by atoms with Crippen LogP contribution in [0.15, 0.2) is 47.4 Å². The minimum Gasteiger partial charge on any atom is -0.448 e. The lowest BCUT2D eigenvalue weighted by atomic mass is 10.2. The number of rotatable bonds is 4. The second kappa shape index (κ2) is 6.81. The molecule has 7 heteroatoms. The molecule has 4 rings (SSSR count). The number of ether oxygens (including phenoxy) is 2. The van der Waals surface area contributed by atoms with Crippen LogP contribution >= 0.6 is 0 Å². The molecule has 1 saturated carbocycles. The van der Waals surface area contributed by atoms with Crippen molar-refractivity contribution in [1.29, 1.82) is 0 Å². The van der Waals surface area contributed by atoms with Gasteiger partial charge in [0.15, 0.2) is 21.3 Å². The third-order valence-electron chi connectivity index (χ3n) is 5.22. The monoisotopic (exact) mass is 401 g/mol. The SMILES string of the molecule is CC(C)S(=O)(=O)c1ccccc1C(=O)Nc1ccc2c(c1)OC1(CCCC1)O2. The fourth-order valence-corrected chi connectivity index (χ4v) is 4.89. The van der Waals surface area contributed by atoms with Crippen molar-refractivity contribution in [2.24, 2.45) is 0 Å². The predicted molar refractivity (Wildman–Crippen MR) is 106 cm³/mol. The Morgan fingerprint density at radius 1 is 1.04 bits per heavy atom. The fraction of sp³-hybridized carbons (Fsp3) is 0.381. The van der Waals surface area contributed by atoms with Crippen molar-refractivity contribution in [2.45, 2.75) is 55.5 Å². The van der Waals surface area contributed by atoms with E-state index in [4.69, 9.17) is 9.47 Å². The van der Waals surface area contributed by atoms with Crippen molar-refractivity contribution >= 4 is 21.4 Å². The molecule has 0 aromatic heterocycles. The van der Waals surface area contributed by atoms with E-state index in [1.54, 1.807) is 44.2 Å². The first kappa shape index (κ1) is 18.8. The minimum atomic E-state index is -3.58. The molecule has 0 bridgehead atoms. The highest BCUT2D eigenvalue weighted by Gasteiger charge is 2.44. The Morgan fingerprint density at radius 3 is 2.43 bits per heavy atom. The first-order valence-electron chi connectivity index (χ1n) is 9.47. The molecule has 0 radical (unpaired) electrons. The first-order chi connectivity index (χ1) is 13.3. The van der Waals surface area contributed by atoms with Crippen molar-refractivity contribution in [3.05, 3.63) is 48.0 Å². The molecule has 1 amide bonds. The third-order valence-corrected chi connectivity index (χ3v) is 7.43. The molecule has 0 saturated heterocycles. The van der Waals surface area contributed by atoms with Gasteiger partial charge in [-0.15, -0.1) is 0 Å². The van der Waals surface area contributed by atoms with Gasteiger partial charge in [-0.25, -0.2) is 8.42 Å². The number of sulfone groups is 1. The lowest BCUT2D eigenvalue weighted by Crippen LogP contribution is -2.34. The van der Waals surface area contributed by atoms with E-state index >= 15 is 0 Å². The average Bonchev–Trinajstić information content (AvgIpc) is 3.27. The molecule has 2 aliphatic rings. The van der Waals surface area contributed by atoms with Gasteiger partial charge in [0.25, 0.3) is 11.7 Å². The molecule has 28 heavy (non-hydrogen) atoms. The van der Waals surface area contributed by atoms with E-state index in [2.05, 4.69) is 5.32 Å². The highest BCUT2D eigenvalue weighted by atomic mass is 32.2. The van der Waals surface area contributed by atoms with Gasteiger partial charge in [0.2, 0.25) is 0 Å². The Labute approximate surface area is 164 Å². The summed E-state index contributed by atoms with van der Waals surface area (Å²) in [6.45, 7) is 3.20. The van der Waals surface area contributed by atoms with Crippen molar-refractivity contribution in [2.75, 3.05) is 5.32 Å². The molecule has 1 aliphatic heterocycles. The van der Waals surface area contributed by atoms with Gasteiger partial charge in [-0.2, -0.15) is 0 Å². The number of nitrogens with one attached hydrogen (secondary N) is 1. The van der Waals surface area contributed by atoms with Gasteiger partial charge in [-0.1, -0.05) is 12.1 Å². The van der Waals surface area contributed by atoms with Crippen LogP contribution in [0, 0.1) is 0 Å². The van der Waals surface area contributed by atoms with E-state index in [1.165, 1.54) is 12.1 Å². The lowest BCUT2D eigenvalue weighted by molar-refractivity contribution is -0.0716. The van der Waals surface area contributed by atoms with Crippen LogP contribution in [-0.4, -0.2) is 25.4 Å². The zero-order valence-electron chi connectivity index (χ0n) is 15.9. The quantitative estimate of drug-likeness (QED) is 0.832. The Morgan fingerprint density at radius 2 is 1.71 bits per heavy atom. The summed E-state index contributed by atoms with van der Waals surface area (Å²) in [6.07, 6.45) is 3.84. The van der Waals surface area contributed by atoms with E-state index in [0.717, 1.165) is 25.7 Å². The van der Waals surface area contributed by atoms with Gasteiger partial charge < -0.3 is 14.8 Å². The Balaban J connectivity index is 1.58. The second-order valence-corrected chi connectivity index (χ2v) is 10.0. The Hall–Kier alpha value is -2.54. The number of anilines is 1. The number of carbonyl (C=O) groups is 1.